The van der Waals surface area contributed by atoms with Crippen molar-refractivity contribution in [1.82, 2.24) is 0 Å². The Morgan fingerprint density at radius 1 is 1.04 bits per heavy atom. The molecule has 0 aliphatic heterocycles. The molecule has 0 radical (unpaired) electrons. The molecule has 2 aromatic carbocycles. The first-order chi connectivity index (χ1) is 11.7. The Balaban J connectivity index is 2.46. The van der Waals surface area contributed by atoms with E-state index in [2.05, 4.69) is 0 Å². The average molecular weight is 423 g/mol. The molecule has 4 nitrogen and oxygen atoms in total. The molecular formula is C17H18Cl3NO3S. The van der Waals surface area contributed by atoms with Gasteiger partial charge in [-0.15, -0.1) is 0 Å². The molecule has 0 aliphatic rings. The van der Waals surface area contributed by atoms with E-state index >= 15 is 0 Å². The highest BCUT2D eigenvalue weighted by molar-refractivity contribution is 7.92. The molecule has 0 heterocycles. The summed E-state index contributed by atoms with van der Waals surface area (Å²) < 4.78 is 27.4. The first-order valence-electron chi connectivity index (χ1n) is 7.63. The van der Waals surface area contributed by atoms with Crippen molar-refractivity contribution in [3.63, 3.8) is 0 Å². The number of benzene rings is 2. The molecule has 0 spiro atoms. The fourth-order valence-electron chi connectivity index (χ4n) is 2.31. The van der Waals surface area contributed by atoms with E-state index in [1.165, 1.54) is 34.6 Å². The van der Waals surface area contributed by atoms with Gasteiger partial charge in [-0.05, 0) is 62.2 Å². The third-order valence-electron chi connectivity index (χ3n) is 3.56. The zero-order valence-electron chi connectivity index (χ0n) is 13.5. The summed E-state index contributed by atoms with van der Waals surface area (Å²) in [5.41, 5.74) is 0.301. The summed E-state index contributed by atoms with van der Waals surface area (Å²) >= 11 is 18.1. The lowest BCUT2D eigenvalue weighted by molar-refractivity contribution is 0.182. The molecule has 0 saturated heterocycles. The van der Waals surface area contributed by atoms with Gasteiger partial charge in [0.2, 0.25) is 0 Å². The van der Waals surface area contributed by atoms with Crippen molar-refractivity contribution in [3.05, 3.63) is 57.5 Å². The Bertz CT molecular complexity index is 824. The maximum Gasteiger partial charge on any atom is 0.264 e. The van der Waals surface area contributed by atoms with Crippen LogP contribution in [0.5, 0.6) is 0 Å². The van der Waals surface area contributed by atoms with E-state index in [0.29, 0.717) is 28.6 Å². The second-order valence-electron chi connectivity index (χ2n) is 5.62. The lowest BCUT2D eigenvalue weighted by Crippen LogP contribution is -2.32. The fraction of sp³-hybridized carbons (Fsp3) is 0.294. The zero-order valence-corrected chi connectivity index (χ0v) is 16.6. The molecule has 0 amide bonds. The molecule has 0 saturated carbocycles. The normalized spacial score (nSPS) is 12.8. The van der Waals surface area contributed by atoms with Crippen LogP contribution in [-0.2, 0) is 10.0 Å². The van der Waals surface area contributed by atoms with E-state index in [1.807, 2.05) is 0 Å². The van der Waals surface area contributed by atoms with E-state index in [9.17, 15) is 13.5 Å². The van der Waals surface area contributed by atoms with Gasteiger partial charge in [0, 0.05) is 16.6 Å². The molecule has 1 N–H and O–H groups in total. The van der Waals surface area contributed by atoms with Gasteiger partial charge >= 0.3 is 0 Å². The smallest absolute Gasteiger partial charge is 0.264 e. The number of aliphatic hydroxyl groups excluding tert-OH is 1. The van der Waals surface area contributed by atoms with Crippen molar-refractivity contribution < 1.29 is 13.5 Å². The Kier molecular flexibility index (Phi) is 7.00. The van der Waals surface area contributed by atoms with E-state index < -0.39 is 16.1 Å². The molecular weight excluding hydrogens is 405 g/mol. The summed E-state index contributed by atoms with van der Waals surface area (Å²) in [5.74, 6) is 0. The van der Waals surface area contributed by atoms with Crippen LogP contribution in [0.2, 0.25) is 15.1 Å². The molecule has 25 heavy (non-hydrogen) atoms. The SMILES string of the molecule is CC(O)CCCN(c1cc(Cl)ccc1Cl)S(=O)(=O)c1ccc(Cl)cc1. The lowest BCUT2D eigenvalue weighted by Gasteiger charge is -2.26. The summed E-state index contributed by atoms with van der Waals surface area (Å²) in [6.07, 6.45) is 0.410. The quantitative estimate of drug-likeness (QED) is 0.683. The van der Waals surface area contributed by atoms with Gasteiger partial charge in [-0.1, -0.05) is 34.8 Å². The van der Waals surface area contributed by atoms with Gasteiger partial charge in [0.15, 0.2) is 0 Å². The van der Waals surface area contributed by atoms with Crippen LogP contribution in [0, 0.1) is 0 Å². The van der Waals surface area contributed by atoms with Crippen LogP contribution in [0.3, 0.4) is 0 Å². The molecule has 1 atom stereocenters. The molecule has 8 heteroatoms. The first-order valence-corrected chi connectivity index (χ1v) is 10.2. The van der Waals surface area contributed by atoms with Crippen LogP contribution in [0.25, 0.3) is 0 Å². The fourth-order valence-corrected chi connectivity index (χ4v) is 4.39. The third-order valence-corrected chi connectivity index (χ3v) is 6.20. The number of halogens is 3. The Hall–Kier alpha value is -0.980. The van der Waals surface area contributed by atoms with E-state index in [-0.39, 0.29) is 16.5 Å². The topological polar surface area (TPSA) is 57.6 Å². The van der Waals surface area contributed by atoms with Crippen molar-refractivity contribution >= 4 is 50.5 Å². The minimum absolute atomic E-state index is 0.102. The molecule has 2 aromatic rings. The predicted octanol–water partition coefficient (Wildman–Crippen LogP) is 5.00. The highest BCUT2D eigenvalue weighted by Gasteiger charge is 2.26. The van der Waals surface area contributed by atoms with Crippen molar-refractivity contribution in [2.45, 2.75) is 30.8 Å². The summed E-state index contributed by atoms with van der Waals surface area (Å²) in [6, 6.07) is 10.6. The van der Waals surface area contributed by atoms with Crippen molar-refractivity contribution in [1.29, 1.82) is 0 Å². The lowest BCUT2D eigenvalue weighted by atomic mass is 10.2. The molecule has 0 fully saturated rings. The van der Waals surface area contributed by atoms with Gasteiger partial charge in [-0.3, -0.25) is 4.31 Å². The highest BCUT2D eigenvalue weighted by Crippen LogP contribution is 2.33. The Morgan fingerprint density at radius 3 is 2.24 bits per heavy atom. The number of hydrogen-bond acceptors (Lipinski definition) is 3. The summed E-state index contributed by atoms with van der Waals surface area (Å²) in [5, 5.41) is 10.6. The van der Waals surface area contributed by atoms with Gasteiger partial charge in [-0.2, -0.15) is 0 Å². The maximum absolute atomic E-state index is 13.1. The van der Waals surface area contributed by atoms with Gasteiger partial charge in [-0.25, -0.2) is 8.42 Å². The number of rotatable bonds is 7. The second kappa shape index (κ2) is 8.60. The van der Waals surface area contributed by atoms with Gasteiger partial charge < -0.3 is 5.11 Å². The van der Waals surface area contributed by atoms with Gasteiger partial charge in [0.1, 0.15) is 0 Å². The van der Waals surface area contributed by atoms with E-state index in [4.69, 9.17) is 34.8 Å². The maximum atomic E-state index is 13.1. The number of aliphatic hydroxyl groups is 1. The molecule has 0 bridgehead atoms. The minimum atomic E-state index is -3.86. The van der Waals surface area contributed by atoms with E-state index in [0.717, 1.165) is 0 Å². The predicted molar refractivity (Wildman–Crippen MR) is 103 cm³/mol. The molecule has 1 unspecified atom stereocenters. The number of anilines is 1. The number of sulfonamides is 1. The second-order valence-corrected chi connectivity index (χ2v) is 8.76. The first kappa shape index (κ1) is 20.3. The monoisotopic (exact) mass is 421 g/mol. The van der Waals surface area contributed by atoms with Crippen LogP contribution in [0.15, 0.2) is 47.4 Å². The standard InChI is InChI=1S/C17H18Cl3NO3S/c1-12(22)3-2-10-21(17-11-14(19)6-9-16(17)20)25(23,24)15-7-4-13(18)5-8-15/h4-9,11-12,22H,2-3,10H2,1H3. The van der Waals surface area contributed by atoms with Crippen molar-refractivity contribution in [2.24, 2.45) is 0 Å². The third kappa shape index (κ3) is 5.25. The van der Waals surface area contributed by atoms with Gasteiger partial charge in [0.25, 0.3) is 10.0 Å². The Morgan fingerprint density at radius 2 is 1.64 bits per heavy atom. The molecule has 136 valence electrons. The minimum Gasteiger partial charge on any atom is -0.393 e. The number of hydrogen-bond donors (Lipinski definition) is 1. The highest BCUT2D eigenvalue weighted by atomic mass is 35.5. The largest absolute Gasteiger partial charge is 0.393 e. The molecule has 2 rings (SSSR count). The summed E-state index contributed by atoms with van der Waals surface area (Å²) in [7, 11) is -3.86. The molecule has 0 aliphatic carbocycles. The van der Waals surface area contributed by atoms with Crippen LogP contribution in [0.4, 0.5) is 5.69 Å². The molecule has 0 aromatic heterocycles. The van der Waals surface area contributed by atoms with Gasteiger partial charge in [0.05, 0.1) is 21.7 Å². The van der Waals surface area contributed by atoms with Crippen LogP contribution < -0.4 is 4.31 Å². The summed E-state index contributed by atoms with van der Waals surface area (Å²) in [6.45, 7) is 1.82. The van der Waals surface area contributed by atoms with Crippen molar-refractivity contribution in [2.75, 3.05) is 10.8 Å². The van der Waals surface area contributed by atoms with Crippen LogP contribution in [-0.4, -0.2) is 26.2 Å². The average Bonchev–Trinajstić information content (AvgIpc) is 2.54. The number of nitrogens with zero attached hydrogens (tertiary/aromatic N) is 1. The Labute approximate surface area is 163 Å². The van der Waals surface area contributed by atoms with Crippen LogP contribution in [0.1, 0.15) is 19.8 Å². The van der Waals surface area contributed by atoms with Crippen LogP contribution >= 0.6 is 34.8 Å². The zero-order chi connectivity index (χ0) is 18.6. The van der Waals surface area contributed by atoms with E-state index in [1.54, 1.807) is 19.1 Å². The van der Waals surface area contributed by atoms with Crippen molar-refractivity contribution in [3.8, 4) is 0 Å². The summed E-state index contributed by atoms with van der Waals surface area (Å²) in [4.78, 5) is 0.102.